The summed E-state index contributed by atoms with van der Waals surface area (Å²) >= 11 is 6.80. The molecule has 232 valence electrons. The van der Waals surface area contributed by atoms with Crippen molar-refractivity contribution in [2.45, 2.75) is 58.3 Å². The van der Waals surface area contributed by atoms with Gasteiger partial charge in [-0.05, 0) is 52.8 Å². The smallest absolute Gasteiger partial charge is 0.410 e. The van der Waals surface area contributed by atoms with Crippen molar-refractivity contribution in [2.24, 2.45) is 0 Å². The van der Waals surface area contributed by atoms with Crippen LogP contribution in [0.15, 0.2) is 36.4 Å². The number of piperazine rings is 1. The average Bonchev–Trinajstić information content (AvgIpc) is 3.18. The highest BCUT2D eigenvalue weighted by Gasteiger charge is 2.42. The molecule has 1 N–H and O–H groups in total. The monoisotopic (exact) mass is 625 g/mol. The number of aromatic nitrogens is 1. The number of rotatable bonds is 3. The van der Waals surface area contributed by atoms with E-state index in [4.69, 9.17) is 30.5 Å². The molecular formula is C32H33ClFN3O7. The van der Waals surface area contributed by atoms with Crippen molar-refractivity contribution < 1.29 is 38.0 Å². The normalized spacial score (nSPS) is 18.8. The molecule has 6 rings (SSSR count). The molecule has 1 fully saturated rings. The van der Waals surface area contributed by atoms with E-state index in [-0.39, 0.29) is 59.7 Å². The molecule has 4 heterocycles. The molecule has 2 amide bonds. The zero-order valence-corrected chi connectivity index (χ0v) is 25.8. The van der Waals surface area contributed by atoms with Gasteiger partial charge in [-0.15, -0.1) is 0 Å². The number of hydrogen-bond acceptors (Lipinski definition) is 8. The Morgan fingerprint density at radius 1 is 1.14 bits per heavy atom. The Labute approximate surface area is 259 Å². The fourth-order valence-corrected chi connectivity index (χ4v) is 5.97. The van der Waals surface area contributed by atoms with Crippen LogP contribution in [0.25, 0.3) is 11.3 Å². The summed E-state index contributed by atoms with van der Waals surface area (Å²) in [4.78, 5) is 34.7. The summed E-state index contributed by atoms with van der Waals surface area (Å²) in [6, 6.07) is 8.70. The van der Waals surface area contributed by atoms with Crippen molar-refractivity contribution in [3.63, 3.8) is 0 Å². The number of halogens is 2. The van der Waals surface area contributed by atoms with E-state index in [1.807, 2.05) is 19.9 Å². The molecule has 10 nitrogen and oxygen atoms in total. The number of benzene rings is 2. The molecule has 44 heavy (non-hydrogen) atoms. The highest BCUT2D eigenvalue weighted by atomic mass is 35.5. The minimum atomic E-state index is -0.777. The Balaban J connectivity index is 1.44. The largest absolute Gasteiger partial charge is 0.507 e. The Morgan fingerprint density at radius 2 is 1.89 bits per heavy atom. The summed E-state index contributed by atoms with van der Waals surface area (Å²) in [7, 11) is 0. The summed E-state index contributed by atoms with van der Waals surface area (Å²) in [5.74, 6) is -1.10. The minimum Gasteiger partial charge on any atom is -0.507 e. The van der Waals surface area contributed by atoms with Crippen LogP contribution >= 0.6 is 11.6 Å². The van der Waals surface area contributed by atoms with Crippen LogP contribution in [0.2, 0.25) is 5.02 Å². The third-order valence-electron chi connectivity index (χ3n) is 7.58. The maximum atomic E-state index is 15.1. The number of phenols is 1. The fraction of sp³-hybridized carbons (Fsp3) is 0.406. The molecular weight excluding hydrogens is 593 g/mol. The van der Waals surface area contributed by atoms with Gasteiger partial charge in [-0.2, -0.15) is 0 Å². The van der Waals surface area contributed by atoms with E-state index in [1.165, 1.54) is 17.0 Å². The van der Waals surface area contributed by atoms with Gasteiger partial charge in [0.05, 0.1) is 11.6 Å². The van der Waals surface area contributed by atoms with Crippen LogP contribution in [-0.4, -0.2) is 75.4 Å². The molecule has 0 spiro atoms. The van der Waals surface area contributed by atoms with Crippen molar-refractivity contribution in [1.82, 2.24) is 14.8 Å². The standard InChI is InChI=1S/C32H33ClFN3O7/c1-31(2,3)44-30(40)36-12-13-37-18(15-36)16-41-27-23(29(37)39)28(35-25(24(27)33)22-19(34)9-7-10-20(22)38)42-21-11-6-8-17-14-32(4,5)43-26(17)21/h6-11,18,38H,12-16H2,1-5H3/t18-/m1/s1. The van der Waals surface area contributed by atoms with E-state index in [0.29, 0.717) is 17.9 Å². The van der Waals surface area contributed by atoms with Gasteiger partial charge in [-0.25, -0.2) is 14.2 Å². The summed E-state index contributed by atoms with van der Waals surface area (Å²) in [5.41, 5.74) is -0.728. The maximum Gasteiger partial charge on any atom is 0.410 e. The van der Waals surface area contributed by atoms with E-state index in [2.05, 4.69) is 4.98 Å². The second-order valence-electron chi connectivity index (χ2n) is 12.7. The van der Waals surface area contributed by atoms with Gasteiger partial charge in [-0.3, -0.25) is 4.79 Å². The van der Waals surface area contributed by atoms with Crippen LogP contribution in [0, 0.1) is 5.82 Å². The number of fused-ring (bicyclic) bond motifs is 3. The third kappa shape index (κ3) is 5.45. The zero-order chi connectivity index (χ0) is 31.6. The first kappa shape index (κ1) is 29.8. The number of carbonyl (C=O) groups is 2. The number of amides is 2. The van der Waals surface area contributed by atoms with E-state index in [9.17, 15) is 14.7 Å². The number of para-hydroxylation sites is 1. The average molecular weight is 626 g/mol. The molecule has 0 unspecified atom stereocenters. The second kappa shape index (κ2) is 10.7. The summed E-state index contributed by atoms with van der Waals surface area (Å²) in [6.45, 7) is 9.82. The van der Waals surface area contributed by atoms with Gasteiger partial charge >= 0.3 is 6.09 Å². The van der Waals surface area contributed by atoms with Gasteiger partial charge in [0.25, 0.3) is 5.91 Å². The van der Waals surface area contributed by atoms with Crippen molar-refractivity contribution in [1.29, 1.82) is 0 Å². The molecule has 2 aromatic carbocycles. The number of phenolic OH excluding ortho intramolecular Hbond substituents is 1. The minimum absolute atomic E-state index is 0.0259. The van der Waals surface area contributed by atoms with Gasteiger partial charge < -0.3 is 33.9 Å². The van der Waals surface area contributed by atoms with Crippen LogP contribution in [0.5, 0.6) is 28.9 Å². The molecule has 0 saturated carbocycles. The number of aromatic hydroxyl groups is 1. The van der Waals surface area contributed by atoms with E-state index in [1.54, 1.807) is 37.8 Å². The van der Waals surface area contributed by atoms with Crippen LogP contribution in [0.3, 0.4) is 0 Å². The lowest BCUT2D eigenvalue weighted by Gasteiger charge is -2.40. The van der Waals surface area contributed by atoms with Crippen molar-refractivity contribution in [3.8, 4) is 40.1 Å². The molecule has 1 atom stereocenters. The topological polar surface area (TPSA) is 111 Å². The summed E-state index contributed by atoms with van der Waals surface area (Å²) in [5, 5.41) is 10.4. The van der Waals surface area contributed by atoms with Gasteiger partial charge in [0.15, 0.2) is 17.2 Å². The van der Waals surface area contributed by atoms with Crippen LogP contribution in [-0.2, 0) is 11.2 Å². The molecule has 3 aliphatic heterocycles. The van der Waals surface area contributed by atoms with Crippen LogP contribution < -0.4 is 14.2 Å². The highest BCUT2D eigenvalue weighted by molar-refractivity contribution is 6.35. The fourth-order valence-electron chi connectivity index (χ4n) is 5.68. The van der Waals surface area contributed by atoms with Gasteiger partial charge in [-0.1, -0.05) is 29.8 Å². The molecule has 3 aromatic rings. The van der Waals surface area contributed by atoms with Crippen molar-refractivity contribution >= 4 is 23.6 Å². The Hall–Kier alpha value is -4.25. The Morgan fingerprint density at radius 3 is 2.61 bits per heavy atom. The number of pyridine rings is 1. The number of carbonyl (C=O) groups excluding carboxylic acids is 2. The quantitative estimate of drug-likeness (QED) is 0.366. The van der Waals surface area contributed by atoms with Gasteiger partial charge in [0.2, 0.25) is 5.88 Å². The van der Waals surface area contributed by atoms with Crippen LogP contribution in [0.1, 0.15) is 50.5 Å². The maximum absolute atomic E-state index is 15.1. The first-order valence-corrected chi connectivity index (χ1v) is 14.7. The van der Waals surface area contributed by atoms with E-state index >= 15 is 4.39 Å². The second-order valence-corrected chi connectivity index (χ2v) is 13.1. The molecule has 1 saturated heterocycles. The predicted molar refractivity (Wildman–Crippen MR) is 159 cm³/mol. The predicted octanol–water partition coefficient (Wildman–Crippen LogP) is 6.21. The molecule has 0 bridgehead atoms. The van der Waals surface area contributed by atoms with Crippen molar-refractivity contribution in [3.05, 3.63) is 58.4 Å². The lowest BCUT2D eigenvalue weighted by molar-refractivity contribution is 0.000917. The number of hydrogen-bond donors (Lipinski definition) is 1. The van der Waals surface area contributed by atoms with Gasteiger partial charge in [0.1, 0.15) is 45.7 Å². The Bertz CT molecular complexity index is 1650. The first-order chi connectivity index (χ1) is 20.7. The summed E-state index contributed by atoms with van der Waals surface area (Å²) in [6.07, 6.45) is 0.152. The first-order valence-electron chi connectivity index (χ1n) is 14.3. The lowest BCUT2D eigenvalue weighted by Crippen LogP contribution is -2.58. The molecule has 0 radical (unpaired) electrons. The lowest BCUT2D eigenvalue weighted by atomic mass is 10.0. The third-order valence-corrected chi connectivity index (χ3v) is 7.93. The van der Waals surface area contributed by atoms with Crippen molar-refractivity contribution in [2.75, 3.05) is 26.2 Å². The SMILES string of the molecule is CC(C)(C)OC(=O)N1CCN2C(=O)c3c(Oc4cccc5c4OC(C)(C)C5)nc(-c4c(O)cccc4F)c(Cl)c3OC[C@H]2C1. The zero-order valence-electron chi connectivity index (χ0n) is 25.1. The van der Waals surface area contributed by atoms with Gasteiger partial charge in [0, 0.05) is 31.6 Å². The summed E-state index contributed by atoms with van der Waals surface area (Å²) < 4.78 is 39.3. The number of ether oxygens (including phenoxy) is 4. The number of nitrogens with zero attached hydrogens (tertiary/aromatic N) is 3. The van der Waals surface area contributed by atoms with E-state index < -0.39 is 40.8 Å². The molecule has 12 heteroatoms. The molecule has 3 aliphatic rings. The van der Waals surface area contributed by atoms with Crippen LogP contribution in [0.4, 0.5) is 9.18 Å². The Kier molecular flexibility index (Phi) is 7.27. The molecule has 1 aromatic heterocycles. The highest BCUT2D eigenvalue weighted by Crippen LogP contribution is 2.49. The molecule has 0 aliphatic carbocycles. The van der Waals surface area contributed by atoms with E-state index in [0.717, 1.165) is 11.6 Å².